The van der Waals surface area contributed by atoms with Crippen LogP contribution >= 0.6 is 0 Å². The van der Waals surface area contributed by atoms with Gasteiger partial charge in [0, 0.05) is 19.1 Å². The van der Waals surface area contributed by atoms with Gasteiger partial charge >= 0.3 is 12.1 Å². The van der Waals surface area contributed by atoms with Crippen molar-refractivity contribution >= 4 is 17.6 Å². The molecule has 1 fully saturated rings. The van der Waals surface area contributed by atoms with Crippen molar-refractivity contribution in [1.29, 1.82) is 0 Å². The number of hydrogen-bond donors (Lipinski definition) is 2. The third-order valence-electron chi connectivity index (χ3n) is 4.69. The average Bonchev–Trinajstić information content (AvgIpc) is 2.59. The van der Waals surface area contributed by atoms with Crippen molar-refractivity contribution in [2.75, 3.05) is 38.0 Å². The minimum Gasteiger partial charge on any atom is -0.480 e. The summed E-state index contributed by atoms with van der Waals surface area (Å²) in [7, 11) is 0. The van der Waals surface area contributed by atoms with Gasteiger partial charge in [-0.1, -0.05) is 19.1 Å². The Morgan fingerprint density at radius 3 is 2.44 bits per heavy atom. The number of amides is 1. The van der Waals surface area contributed by atoms with Crippen LogP contribution in [0.15, 0.2) is 24.3 Å². The lowest BCUT2D eigenvalue weighted by Crippen LogP contribution is -2.48. The Kier molecular flexibility index (Phi) is 7.20. The molecule has 1 aliphatic heterocycles. The molecule has 1 saturated heterocycles. The number of likely N-dealkylation sites (N-methyl/N-ethyl adjacent to an activating group) is 1. The van der Waals surface area contributed by atoms with Crippen molar-refractivity contribution in [1.82, 2.24) is 9.80 Å². The molecule has 0 unspecified atom stereocenters. The first-order chi connectivity index (χ1) is 12.7. The van der Waals surface area contributed by atoms with E-state index in [4.69, 9.17) is 5.11 Å². The Bertz CT molecular complexity index is 659. The van der Waals surface area contributed by atoms with Gasteiger partial charge in [-0.15, -0.1) is 0 Å². The van der Waals surface area contributed by atoms with Gasteiger partial charge in [0.25, 0.3) is 0 Å². The zero-order valence-electron chi connectivity index (χ0n) is 15.1. The number of halogens is 3. The largest absolute Gasteiger partial charge is 0.480 e. The fraction of sp³-hybridized carbons (Fsp3) is 0.556. The number of nitrogens with one attached hydrogen (secondary N) is 1. The number of nitrogens with zero attached hydrogens (tertiary/aromatic N) is 2. The highest BCUT2D eigenvalue weighted by Gasteiger charge is 2.33. The van der Waals surface area contributed by atoms with Crippen LogP contribution in [0.25, 0.3) is 0 Å². The van der Waals surface area contributed by atoms with Gasteiger partial charge < -0.3 is 10.4 Å². The lowest BCUT2D eigenvalue weighted by molar-refractivity contribution is -0.139. The number of carboxylic acids is 1. The summed E-state index contributed by atoms with van der Waals surface area (Å²) in [5.74, 6) is -1.37. The molecule has 1 aromatic carbocycles. The molecule has 1 heterocycles. The molecule has 6 nitrogen and oxygen atoms in total. The van der Waals surface area contributed by atoms with Crippen LogP contribution in [0, 0.1) is 0 Å². The van der Waals surface area contributed by atoms with E-state index in [0.717, 1.165) is 6.07 Å². The van der Waals surface area contributed by atoms with E-state index in [-0.39, 0.29) is 24.8 Å². The summed E-state index contributed by atoms with van der Waals surface area (Å²) in [5, 5.41) is 11.3. The van der Waals surface area contributed by atoms with E-state index in [1.807, 2.05) is 16.7 Å². The van der Waals surface area contributed by atoms with E-state index in [1.165, 1.54) is 18.2 Å². The van der Waals surface area contributed by atoms with Gasteiger partial charge in [0.2, 0.25) is 5.91 Å². The second-order valence-corrected chi connectivity index (χ2v) is 6.56. The third kappa shape index (κ3) is 6.21. The molecule has 150 valence electrons. The Morgan fingerprint density at radius 1 is 1.26 bits per heavy atom. The smallest absolute Gasteiger partial charge is 0.418 e. The highest BCUT2D eigenvalue weighted by molar-refractivity contribution is 5.93. The summed E-state index contributed by atoms with van der Waals surface area (Å²) in [6, 6.07) is 5.02. The fourth-order valence-electron chi connectivity index (χ4n) is 3.35. The first kappa shape index (κ1) is 21.2. The lowest BCUT2D eigenvalue weighted by atomic mass is 10.0. The van der Waals surface area contributed by atoms with Gasteiger partial charge in [0.1, 0.15) is 0 Å². The highest BCUT2D eigenvalue weighted by Crippen LogP contribution is 2.34. The Labute approximate surface area is 155 Å². The maximum atomic E-state index is 13.0. The zero-order chi connectivity index (χ0) is 20.0. The zero-order valence-corrected chi connectivity index (χ0v) is 15.1. The van der Waals surface area contributed by atoms with Crippen LogP contribution in [0.4, 0.5) is 18.9 Å². The van der Waals surface area contributed by atoms with Crippen LogP contribution in [0.2, 0.25) is 0 Å². The maximum absolute atomic E-state index is 13.0. The van der Waals surface area contributed by atoms with E-state index < -0.39 is 23.6 Å². The normalized spacial score (nSPS) is 16.5. The molecule has 27 heavy (non-hydrogen) atoms. The molecule has 1 amide bonds. The van der Waals surface area contributed by atoms with Crippen molar-refractivity contribution in [3.8, 4) is 0 Å². The number of carbonyl (C=O) groups is 2. The number of carboxylic acid groups (broad SMARTS) is 1. The van der Waals surface area contributed by atoms with Gasteiger partial charge in [0.05, 0.1) is 24.3 Å². The second-order valence-electron chi connectivity index (χ2n) is 6.56. The first-order valence-electron chi connectivity index (χ1n) is 8.85. The van der Waals surface area contributed by atoms with E-state index >= 15 is 0 Å². The van der Waals surface area contributed by atoms with Crippen LogP contribution in [-0.4, -0.2) is 65.5 Å². The van der Waals surface area contributed by atoms with Crippen LogP contribution in [0.1, 0.15) is 25.3 Å². The monoisotopic (exact) mass is 387 g/mol. The molecule has 2 N–H and O–H groups in total. The fourth-order valence-corrected chi connectivity index (χ4v) is 3.35. The molecular formula is C18H24F3N3O3. The van der Waals surface area contributed by atoms with Gasteiger partial charge in [-0.25, -0.2) is 0 Å². The van der Waals surface area contributed by atoms with Gasteiger partial charge in [0.15, 0.2) is 0 Å². The van der Waals surface area contributed by atoms with E-state index in [1.54, 1.807) is 0 Å². The molecule has 1 aliphatic rings. The number of aliphatic carboxylic acids is 1. The van der Waals surface area contributed by atoms with Crippen molar-refractivity contribution in [2.45, 2.75) is 32.0 Å². The summed E-state index contributed by atoms with van der Waals surface area (Å²) in [6.45, 7) is 3.70. The number of alkyl halides is 3. The number of rotatable bonds is 7. The number of likely N-dealkylation sites (tertiary alicyclic amines) is 1. The number of hydrogen-bond acceptors (Lipinski definition) is 4. The summed E-state index contributed by atoms with van der Waals surface area (Å²) in [6.07, 6.45) is -3.10. The Hall–Kier alpha value is -2.13. The van der Waals surface area contributed by atoms with E-state index in [0.29, 0.717) is 32.5 Å². The van der Waals surface area contributed by atoms with Crippen molar-refractivity contribution < 1.29 is 27.9 Å². The van der Waals surface area contributed by atoms with Crippen molar-refractivity contribution in [3.05, 3.63) is 29.8 Å². The van der Waals surface area contributed by atoms with Crippen molar-refractivity contribution in [2.24, 2.45) is 0 Å². The molecule has 9 heteroatoms. The maximum Gasteiger partial charge on any atom is 0.418 e. The summed E-state index contributed by atoms with van der Waals surface area (Å²) in [4.78, 5) is 26.8. The number of piperidine rings is 1. The average molecular weight is 387 g/mol. The second kappa shape index (κ2) is 9.18. The Balaban J connectivity index is 1.87. The molecule has 2 rings (SSSR count). The topological polar surface area (TPSA) is 72.9 Å². The molecule has 0 spiro atoms. The first-order valence-corrected chi connectivity index (χ1v) is 8.85. The van der Waals surface area contributed by atoms with Crippen LogP contribution in [-0.2, 0) is 15.8 Å². The van der Waals surface area contributed by atoms with Gasteiger partial charge in [-0.2, -0.15) is 13.2 Å². The van der Waals surface area contributed by atoms with Crippen molar-refractivity contribution in [3.63, 3.8) is 0 Å². The summed E-state index contributed by atoms with van der Waals surface area (Å²) >= 11 is 0. The lowest BCUT2D eigenvalue weighted by Gasteiger charge is -2.37. The SMILES string of the molecule is CCN(CC(=O)O)C1CCN(CC(=O)Nc2ccccc2C(F)(F)F)CC1. The van der Waals surface area contributed by atoms with Crippen LogP contribution in [0.5, 0.6) is 0 Å². The number of para-hydroxylation sites is 1. The standard InChI is InChI=1S/C18H24F3N3O3/c1-2-24(12-17(26)27)13-7-9-23(10-8-13)11-16(25)22-15-6-4-3-5-14(15)18(19,20)21/h3-6,13H,2,7-12H2,1H3,(H,22,25)(H,26,27). The molecule has 0 aliphatic carbocycles. The molecule has 0 radical (unpaired) electrons. The number of benzene rings is 1. The summed E-state index contributed by atoms with van der Waals surface area (Å²) in [5.41, 5.74) is -1.12. The van der Waals surface area contributed by atoms with E-state index in [2.05, 4.69) is 5.32 Å². The molecule has 0 atom stereocenters. The van der Waals surface area contributed by atoms with Gasteiger partial charge in [-0.05, 0) is 31.5 Å². The Morgan fingerprint density at radius 2 is 1.89 bits per heavy atom. The van der Waals surface area contributed by atoms with Crippen LogP contribution < -0.4 is 5.32 Å². The van der Waals surface area contributed by atoms with E-state index in [9.17, 15) is 22.8 Å². The highest BCUT2D eigenvalue weighted by atomic mass is 19.4. The molecular weight excluding hydrogens is 363 g/mol. The number of anilines is 1. The third-order valence-corrected chi connectivity index (χ3v) is 4.69. The summed E-state index contributed by atoms with van der Waals surface area (Å²) < 4.78 is 39.0. The molecule has 0 bridgehead atoms. The molecule has 0 aromatic heterocycles. The predicted octanol–water partition coefficient (Wildman–Crippen LogP) is 2.51. The van der Waals surface area contributed by atoms with Crippen LogP contribution in [0.3, 0.4) is 0 Å². The predicted molar refractivity (Wildman–Crippen MR) is 94.4 cm³/mol. The quantitative estimate of drug-likeness (QED) is 0.752. The minimum atomic E-state index is -4.53. The molecule has 0 saturated carbocycles. The number of carbonyl (C=O) groups excluding carboxylic acids is 1. The minimum absolute atomic E-state index is 0.00394. The molecule has 1 aromatic rings. The van der Waals surface area contributed by atoms with Gasteiger partial charge in [-0.3, -0.25) is 19.4 Å².